The molecule has 0 aromatic carbocycles. The van der Waals surface area contributed by atoms with E-state index in [1.165, 1.54) is 25.7 Å². The zero-order valence-electron chi connectivity index (χ0n) is 10.1. The largest absolute Gasteiger partial charge is 0.0661 e. The first kappa shape index (κ1) is 11.6. The minimum absolute atomic E-state index is 0.730. The zero-order valence-corrected chi connectivity index (χ0v) is 10.1. The molecule has 1 aliphatic rings. The Morgan fingerprint density at radius 1 is 1.14 bits per heavy atom. The molecule has 1 rings (SSSR count). The van der Waals surface area contributed by atoms with E-state index >= 15 is 0 Å². The minimum Gasteiger partial charge on any atom is -0.0661 e. The van der Waals surface area contributed by atoms with Crippen molar-refractivity contribution in [3.63, 3.8) is 0 Å². The van der Waals surface area contributed by atoms with Crippen molar-refractivity contribution in [2.75, 3.05) is 0 Å². The zero-order chi connectivity index (χ0) is 10.6. The molecule has 0 unspecified atom stereocenters. The average molecular weight is 192 g/mol. The second-order valence-electron chi connectivity index (χ2n) is 5.18. The van der Waals surface area contributed by atoms with Gasteiger partial charge in [0.2, 0.25) is 0 Å². The highest BCUT2D eigenvalue weighted by Crippen LogP contribution is 2.28. The van der Waals surface area contributed by atoms with E-state index in [0.717, 1.165) is 11.8 Å². The van der Waals surface area contributed by atoms with Crippen molar-refractivity contribution < 1.29 is 0 Å². The molecule has 0 aromatic rings. The van der Waals surface area contributed by atoms with Crippen LogP contribution in [0, 0.1) is 11.8 Å². The summed E-state index contributed by atoms with van der Waals surface area (Å²) in [4.78, 5) is 0. The fourth-order valence-electron chi connectivity index (χ4n) is 1.91. The molecule has 0 spiro atoms. The van der Waals surface area contributed by atoms with Crippen molar-refractivity contribution >= 4 is 0 Å². The van der Waals surface area contributed by atoms with Gasteiger partial charge in [-0.3, -0.25) is 0 Å². The monoisotopic (exact) mass is 192 g/mol. The summed E-state index contributed by atoms with van der Waals surface area (Å²) < 4.78 is 0. The smallest absolute Gasteiger partial charge is 0.00996 e. The van der Waals surface area contributed by atoms with Gasteiger partial charge in [-0.2, -0.15) is 0 Å². The first-order valence-electron chi connectivity index (χ1n) is 5.98. The summed E-state index contributed by atoms with van der Waals surface area (Å²) in [5, 5.41) is 0. The number of allylic oxidation sites excluding steroid dienone is 4. The lowest BCUT2D eigenvalue weighted by molar-refractivity contribution is 0.552. The maximum atomic E-state index is 2.34. The predicted octanol–water partition coefficient (Wildman–Crippen LogP) is 4.73. The van der Waals surface area contributed by atoms with Crippen molar-refractivity contribution in [2.45, 2.75) is 53.4 Å². The fourth-order valence-corrected chi connectivity index (χ4v) is 1.91. The van der Waals surface area contributed by atoms with Crippen molar-refractivity contribution in [3.8, 4) is 0 Å². The van der Waals surface area contributed by atoms with Crippen molar-refractivity contribution in [3.05, 3.63) is 23.3 Å². The second kappa shape index (κ2) is 5.38. The van der Waals surface area contributed by atoms with Crippen molar-refractivity contribution in [1.29, 1.82) is 0 Å². The molecule has 0 atom stereocenters. The Morgan fingerprint density at radius 3 is 2.36 bits per heavy atom. The van der Waals surface area contributed by atoms with E-state index < -0.39 is 0 Å². The van der Waals surface area contributed by atoms with E-state index in [4.69, 9.17) is 0 Å². The Labute approximate surface area is 89.1 Å². The minimum atomic E-state index is 0.730. The van der Waals surface area contributed by atoms with Gasteiger partial charge in [0.15, 0.2) is 0 Å². The molecule has 0 amide bonds. The van der Waals surface area contributed by atoms with Crippen LogP contribution >= 0.6 is 0 Å². The van der Waals surface area contributed by atoms with Gasteiger partial charge in [-0.1, -0.05) is 57.4 Å². The molecule has 0 fully saturated rings. The van der Waals surface area contributed by atoms with E-state index in [-0.39, 0.29) is 0 Å². The van der Waals surface area contributed by atoms with E-state index in [1.807, 2.05) is 0 Å². The predicted molar refractivity (Wildman–Crippen MR) is 64.3 cm³/mol. The lowest BCUT2D eigenvalue weighted by Gasteiger charge is -2.09. The molecule has 0 saturated heterocycles. The summed E-state index contributed by atoms with van der Waals surface area (Å²) in [5.41, 5.74) is 3.26. The quantitative estimate of drug-likeness (QED) is 0.591. The first-order chi connectivity index (χ1) is 6.59. The Morgan fingerprint density at radius 2 is 1.86 bits per heavy atom. The average Bonchev–Trinajstić information content (AvgIpc) is 2.52. The highest BCUT2D eigenvalue weighted by Gasteiger charge is 2.10. The highest BCUT2D eigenvalue weighted by atomic mass is 14.2. The van der Waals surface area contributed by atoms with E-state index in [2.05, 4.69) is 39.8 Å². The Hall–Kier alpha value is -0.520. The summed E-state index contributed by atoms with van der Waals surface area (Å²) in [5.74, 6) is 1.59. The van der Waals surface area contributed by atoms with Gasteiger partial charge in [0.25, 0.3) is 0 Å². The molecule has 80 valence electrons. The fraction of sp³-hybridized carbons (Fsp3) is 0.714. The van der Waals surface area contributed by atoms with Crippen LogP contribution in [0.15, 0.2) is 23.3 Å². The van der Waals surface area contributed by atoms with Gasteiger partial charge in [-0.05, 0) is 31.1 Å². The highest BCUT2D eigenvalue weighted by molar-refractivity contribution is 5.31. The summed E-state index contributed by atoms with van der Waals surface area (Å²) in [6.07, 6.45) is 9.96. The summed E-state index contributed by atoms with van der Waals surface area (Å²) in [6, 6.07) is 0. The molecule has 14 heavy (non-hydrogen) atoms. The third-order valence-electron chi connectivity index (χ3n) is 2.99. The Bertz CT molecular complexity index is 228. The SMILES string of the molecule is CC(C)CCCC1=CC=C(C(C)C)C1. The molecule has 1 aliphatic carbocycles. The molecular formula is C14H24. The third kappa shape index (κ3) is 3.69. The Balaban J connectivity index is 2.19. The lowest BCUT2D eigenvalue weighted by atomic mass is 9.97. The summed E-state index contributed by atoms with van der Waals surface area (Å²) in [7, 11) is 0. The lowest BCUT2D eigenvalue weighted by Crippen LogP contribution is -1.93. The molecule has 0 saturated carbocycles. The van der Waals surface area contributed by atoms with Gasteiger partial charge < -0.3 is 0 Å². The van der Waals surface area contributed by atoms with Crippen LogP contribution in [0.25, 0.3) is 0 Å². The van der Waals surface area contributed by atoms with Gasteiger partial charge in [0, 0.05) is 0 Å². The molecule has 0 aromatic heterocycles. The van der Waals surface area contributed by atoms with Crippen LogP contribution in [0.1, 0.15) is 53.4 Å². The van der Waals surface area contributed by atoms with Crippen LogP contribution in [0.3, 0.4) is 0 Å². The van der Waals surface area contributed by atoms with E-state index in [1.54, 1.807) is 11.1 Å². The third-order valence-corrected chi connectivity index (χ3v) is 2.99. The van der Waals surface area contributed by atoms with Gasteiger partial charge in [-0.15, -0.1) is 0 Å². The van der Waals surface area contributed by atoms with Crippen LogP contribution in [0.2, 0.25) is 0 Å². The molecule has 0 N–H and O–H groups in total. The van der Waals surface area contributed by atoms with Gasteiger partial charge >= 0.3 is 0 Å². The van der Waals surface area contributed by atoms with Gasteiger partial charge in [0.05, 0.1) is 0 Å². The van der Waals surface area contributed by atoms with Crippen molar-refractivity contribution in [1.82, 2.24) is 0 Å². The number of rotatable bonds is 5. The summed E-state index contributed by atoms with van der Waals surface area (Å²) >= 11 is 0. The van der Waals surface area contributed by atoms with Crippen LogP contribution in [-0.2, 0) is 0 Å². The molecular weight excluding hydrogens is 168 g/mol. The van der Waals surface area contributed by atoms with Gasteiger partial charge in [-0.25, -0.2) is 0 Å². The topological polar surface area (TPSA) is 0 Å². The maximum Gasteiger partial charge on any atom is -0.00996 e. The number of hydrogen-bond acceptors (Lipinski definition) is 0. The molecule has 0 nitrogen and oxygen atoms in total. The standard InChI is InChI=1S/C14H24/c1-11(2)6-5-7-13-8-9-14(10-13)12(3)4/h8-9,11-12H,5-7,10H2,1-4H3. The molecule has 0 radical (unpaired) electrons. The molecule has 0 heteroatoms. The summed E-state index contributed by atoms with van der Waals surface area (Å²) in [6.45, 7) is 9.19. The second-order valence-corrected chi connectivity index (χ2v) is 5.18. The van der Waals surface area contributed by atoms with Crippen LogP contribution in [0.5, 0.6) is 0 Å². The van der Waals surface area contributed by atoms with Crippen LogP contribution in [-0.4, -0.2) is 0 Å². The van der Waals surface area contributed by atoms with Crippen LogP contribution < -0.4 is 0 Å². The Kier molecular flexibility index (Phi) is 4.44. The van der Waals surface area contributed by atoms with Gasteiger partial charge in [0.1, 0.15) is 0 Å². The maximum absolute atomic E-state index is 2.34. The normalized spacial score (nSPS) is 16.4. The van der Waals surface area contributed by atoms with E-state index in [0.29, 0.717) is 0 Å². The molecule has 0 heterocycles. The molecule has 0 bridgehead atoms. The first-order valence-corrected chi connectivity index (χ1v) is 5.98. The molecule has 0 aliphatic heterocycles. The number of hydrogen-bond donors (Lipinski definition) is 0. The van der Waals surface area contributed by atoms with Crippen LogP contribution in [0.4, 0.5) is 0 Å². The van der Waals surface area contributed by atoms with Crippen molar-refractivity contribution in [2.24, 2.45) is 11.8 Å². The van der Waals surface area contributed by atoms with E-state index in [9.17, 15) is 0 Å².